The molecule has 2 aliphatic rings. The Bertz CT molecular complexity index is 543. The average molecular weight is 371 g/mol. The van der Waals surface area contributed by atoms with E-state index < -0.39 is 0 Å². The zero-order valence-corrected chi connectivity index (χ0v) is 14.1. The van der Waals surface area contributed by atoms with Crippen LogP contribution in [0.25, 0.3) is 0 Å². The predicted molar refractivity (Wildman–Crippen MR) is 84.1 cm³/mol. The highest BCUT2D eigenvalue weighted by molar-refractivity contribution is 9.10. The van der Waals surface area contributed by atoms with Crippen LogP contribution in [0, 0.1) is 0 Å². The van der Waals surface area contributed by atoms with Gasteiger partial charge < -0.3 is 19.3 Å². The van der Waals surface area contributed by atoms with Gasteiger partial charge in [-0.3, -0.25) is 4.79 Å². The number of methoxy groups -OCH3 is 1. The fraction of sp³-hybridized carbons (Fsp3) is 0.643. The summed E-state index contributed by atoms with van der Waals surface area (Å²) in [6.45, 7) is 3.45. The van der Waals surface area contributed by atoms with Gasteiger partial charge >= 0.3 is 0 Å². The van der Waals surface area contributed by atoms with Crippen molar-refractivity contribution in [1.82, 2.24) is 14.9 Å². The highest BCUT2D eigenvalue weighted by atomic mass is 79.9. The molecule has 0 spiro atoms. The van der Waals surface area contributed by atoms with E-state index in [-0.39, 0.29) is 12.0 Å². The van der Waals surface area contributed by atoms with E-state index in [1.807, 2.05) is 4.90 Å². The first-order valence-electron chi connectivity index (χ1n) is 7.41. The molecule has 0 bridgehead atoms. The Morgan fingerprint density at radius 3 is 2.82 bits per heavy atom. The molecule has 3 rings (SSSR count). The highest BCUT2D eigenvalue weighted by Crippen LogP contribution is 2.24. The summed E-state index contributed by atoms with van der Waals surface area (Å²) in [5.41, 5.74) is 0. The molecule has 0 N–H and O–H groups in total. The maximum absolute atomic E-state index is 12.3. The molecule has 0 saturated carbocycles. The van der Waals surface area contributed by atoms with Crippen molar-refractivity contribution in [3.63, 3.8) is 0 Å². The SMILES string of the molecule is COc1nc(N2CCN(C(=O)C3CCCO3)CC2)ncc1Br. The van der Waals surface area contributed by atoms with Crippen LogP contribution in [0.15, 0.2) is 10.7 Å². The molecule has 1 aromatic heterocycles. The number of hydrogen-bond acceptors (Lipinski definition) is 6. The Kier molecular flexibility index (Phi) is 4.77. The second-order valence-corrected chi connectivity index (χ2v) is 6.20. The van der Waals surface area contributed by atoms with Gasteiger partial charge in [0, 0.05) is 32.8 Å². The van der Waals surface area contributed by atoms with Gasteiger partial charge in [-0.1, -0.05) is 0 Å². The molecule has 2 aliphatic heterocycles. The van der Waals surface area contributed by atoms with Crippen molar-refractivity contribution in [2.45, 2.75) is 18.9 Å². The van der Waals surface area contributed by atoms with E-state index >= 15 is 0 Å². The summed E-state index contributed by atoms with van der Waals surface area (Å²) in [4.78, 5) is 25.0. The quantitative estimate of drug-likeness (QED) is 0.792. The summed E-state index contributed by atoms with van der Waals surface area (Å²) in [6.07, 6.45) is 3.26. The summed E-state index contributed by atoms with van der Waals surface area (Å²) in [7, 11) is 1.58. The van der Waals surface area contributed by atoms with E-state index in [9.17, 15) is 4.79 Å². The van der Waals surface area contributed by atoms with Gasteiger partial charge in [-0.05, 0) is 28.8 Å². The topological polar surface area (TPSA) is 67.8 Å². The average Bonchev–Trinajstić information content (AvgIpc) is 3.09. The summed E-state index contributed by atoms with van der Waals surface area (Å²) >= 11 is 3.35. The van der Waals surface area contributed by atoms with E-state index in [0.29, 0.717) is 44.6 Å². The summed E-state index contributed by atoms with van der Waals surface area (Å²) in [5, 5.41) is 0. The summed E-state index contributed by atoms with van der Waals surface area (Å²) < 4.78 is 11.4. The Labute approximate surface area is 137 Å². The molecule has 7 nitrogen and oxygen atoms in total. The van der Waals surface area contributed by atoms with Crippen LogP contribution in [0.5, 0.6) is 5.88 Å². The Morgan fingerprint density at radius 2 is 2.18 bits per heavy atom. The van der Waals surface area contributed by atoms with Gasteiger partial charge in [-0.15, -0.1) is 0 Å². The first-order chi connectivity index (χ1) is 10.7. The molecular formula is C14H19BrN4O3. The van der Waals surface area contributed by atoms with Crippen LogP contribution < -0.4 is 9.64 Å². The van der Waals surface area contributed by atoms with Crippen molar-refractivity contribution >= 4 is 27.8 Å². The molecule has 1 unspecified atom stereocenters. The lowest BCUT2D eigenvalue weighted by atomic mass is 10.2. The van der Waals surface area contributed by atoms with E-state index in [0.717, 1.165) is 17.3 Å². The van der Waals surface area contributed by atoms with Crippen LogP contribution in [0.1, 0.15) is 12.8 Å². The maximum Gasteiger partial charge on any atom is 0.251 e. The Hall–Kier alpha value is -1.41. The van der Waals surface area contributed by atoms with Crippen LogP contribution in [0.3, 0.4) is 0 Å². The van der Waals surface area contributed by atoms with Gasteiger partial charge in [-0.25, -0.2) is 4.98 Å². The van der Waals surface area contributed by atoms with E-state index in [2.05, 4.69) is 30.8 Å². The van der Waals surface area contributed by atoms with E-state index in [1.165, 1.54) is 0 Å². The number of amides is 1. The van der Waals surface area contributed by atoms with Gasteiger partial charge in [0.1, 0.15) is 6.10 Å². The molecule has 2 fully saturated rings. The molecule has 2 saturated heterocycles. The van der Waals surface area contributed by atoms with Gasteiger partial charge in [0.25, 0.3) is 5.91 Å². The first kappa shape index (κ1) is 15.5. The van der Waals surface area contributed by atoms with Crippen molar-refractivity contribution in [3.8, 4) is 5.88 Å². The van der Waals surface area contributed by atoms with Gasteiger partial charge in [0.15, 0.2) is 0 Å². The molecular weight excluding hydrogens is 352 g/mol. The molecule has 120 valence electrons. The fourth-order valence-electron chi connectivity index (χ4n) is 2.74. The number of hydrogen-bond donors (Lipinski definition) is 0. The molecule has 8 heteroatoms. The van der Waals surface area contributed by atoms with Crippen molar-refractivity contribution in [2.75, 3.05) is 44.8 Å². The van der Waals surface area contributed by atoms with E-state index in [4.69, 9.17) is 9.47 Å². The third-order valence-electron chi connectivity index (χ3n) is 3.97. The molecule has 1 aromatic rings. The first-order valence-corrected chi connectivity index (χ1v) is 8.20. The third kappa shape index (κ3) is 3.17. The number of ether oxygens (including phenoxy) is 2. The standard InChI is InChI=1S/C14H19BrN4O3/c1-21-12-10(15)9-16-14(17-12)19-6-4-18(5-7-19)13(20)11-3-2-8-22-11/h9,11H,2-8H2,1H3. The minimum absolute atomic E-state index is 0.117. The van der Waals surface area contributed by atoms with Crippen molar-refractivity contribution in [2.24, 2.45) is 0 Å². The second-order valence-electron chi connectivity index (χ2n) is 5.34. The highest BCUT2D eigenvalue weighted by Gasteiger charge is 2.30. The number of halogens is 1. The van der Waals surface area contributed by atoms with Crippen LogP contribution >= 0.6 is 15.9 Å². The molecule has 0 aromatic carbocycles. The Balaban J connectivity index is 1.60. The number of aromatic nitrogens is 2. The normalized spacial score (nSPS) is 22.0. The molecule has 0 aliphatic carbocycles. The molecule has 1 atom stereocenters. The molecule has 22 heavy (non-hydrogen) atoms. The smallest absolute Gasteiger partial charge is 0.251 e. The number of carbonyl (C=O) groups excluding carboxylic acids is 1. The molecule has 1 amide bonds. The minimum atomic E-state index is -0.240. The third-order valence-corrected chi connectivity index (χ3v) is 4.52. The van der Waals surface area contributed by atoms with Crippen LogP contribution in [-0.4, -0.2) is 66.8 Å². The lowest BCUT2D eigenvalue weighted by Gasteiger charge is -2.35. The monoisotopic (exact) mass is 370 g/mol. The number of nitrogens with zero attached hydrogens (tertiary/aromatic N) is 4. The van der Waals surface area contributed by atoms with Gasteiger partial charge in [0.05, 0.1) is 17.8 Å². The van der Waals surface area contributed by atoms with Crippen molar-refractivity contribution in [3.05, 3.63) is 10.7 Å². The number of piperazine rings is 1. The lowest BCUT2D eigenvalue weighted by Crippen LogP contribution is -2.51. The van der Waals surface area contributed by atoms with Gasteiger partial charge in [-0.2, -0.15) is 4.98 Å². The zero-order valence-electron chi connectivity index (χ0n) is 12.5. The second kappa shape index (κ2) is 6.78. The fourth-order valence-corrected chi connectivity index (χ4v) is 3.09. The summed E-state index contributed by atoms with van der Waals surface area (Å²) in [6, 6.07) is 0. The number of rotatable bonds is 3. The number of anilines is 1. The maximum atomic E-state index is 12.3. The largest absolute Gasteiger partial charge is 0.480 e. The van der Waals surface area contributed by atoms with Crippen LogP contribution in [-0.2, 0) is 9.53 Å². The van der Waals surface area contributed by atoms with Crippen molar-refractivity contribution < 1.29 is 14.3 Å². The van der Waals surface area contributed by atoms with E-state index in [1.54, 1.807) is 13.3 Å². The van der Waals surface area contributed by atoms with Crippen molar-refractivity contribution in [1.29, 1.82) is 0 Å². The molecule has 0 radical (unpaired) electrons. The zero-order chi connectivity index (χ0) is 15.5. The summed E-state index contributed by atoms with van der Waals surface area (Å²) in [5.74, 6) is 1.26. The lowest BCUT2D eigenvalue weighted by molar-refractivity contribution is -0.141. The van der Waals surface area contributed by atoms with Crippen LogP contribution in [0.2, 0.25) is 0 Å². The minimum Gasteiger partial charge on any atom is -0.480 e. The number of carbonyl (C=O) groups is 1. The predicted octanol–water partition coefficient (Wildman–Crippen LogP) is 1.08. The molecule has 3 heterocycles. The van der Waals surface area contributed by atoms with Crippen LogP contribution in [0.4, 0.5) is 5.95 Å². The van der Waals surface area contributed by atoms with Gasteiger partial charge in [0.2, 0.25) is 11.8 Å². The Morgan fingerprint density at radius 1 is 1.41 bits per heavy atom.